The van der Waals surface area contributed by atoms with E-state index in [4.69, 9.17) is 9.15 Å². The molecule has 0 radical (unpaired) electrons. The summed E-state index contributed by atoms with van der Waals surface area (Å²) >= 11 is 0. The molecule has 0 bridgehead atoms. The van der Waals surface area contributed by atoms with Crippen molar-refractivity contribution < 1.29 is 13.9 Å². The Hall–Kier alpha value is -2.90. The van der Waals surface area contributed by atoms with Crippen LogP contribution in [0.4, 0.5) is 0 Å². The minimum absolute atomic E-state index is 0.0479. The topological polar surface area (TPSA) is 94.6 Å². The Morgan fingerprint density at radius 3 is 2.81 bits per heavy atom. The maximum Gasteiger partial charge on any atom is 0.339 e. The molecule has 8 nitrogen and oxygen atoms in total. The summed E-state index contributed by atoms with van der Waals surface area (Å²) in [5, 5.41) is 0. The number of hydrogen-bond donors (Lipinski definition) is 0. The SMILES string of the molecule is Cc1cc(OC2CCN(C(=O)Cn3cnc(C)c(C)c3=O)C2)cc(=O)o1. The Morgan fingerprint density at radius 2 is 2.08 bits per heavy atom. The standard InChI is InChI=1S/C18H21N3O5/c1-11-6-15(7-17(23)25-11)26-14-4-5-20(8-14)16(22)9-21-10-19-13(3)12(2)18(21)24/h6-7,10,14H,4-5,8-9H2,1-3H3. The fraction of sp³-hybridized carbons (Fsp3) is 0.444. The van der Waals surface area contributed by atoms with Crippen molar-refractivity contribution in [2.24, 2.45) is 0 Å². The number of likely N-dealkylation sites (tertiary alicyclic amines) is 1. The molecule has 0 spiro atoms. The van der Waals surface area contributed by atoms with E-state index in [1.807, 2.05) is 0 Å². The predicted molar refractivity (Wildman–Crippen MR) is 93.3 cm³/mol. The van der Waals surface area contributed by atoms with Gasteiger partial charge in [0.2, 0.25) is 5.91 Å². The van der Waals surface area contributed by atoms with Crippen molar-refractivity contribution in [2.75, 3.05) is 13.1 Å². The Kier molecular flexibility index (Phi) is 4.92. The highest BCUT2D eigenvalue weighted by Crippen LogP contribution is 2.18. The Balaban J connectivity index is 1.63. The van der Waals surface area contributed by atoms with E-state index in [2.05, 4.69) is 4.98 Å². The third kappa shape index (κ3) is 3.84. The van der Waals surface area contributed by atoms with E-state index in [1.165, 1.54) is 17.0 Å². The van der Waals surface area contributed by atoms with E-state index in [0.29, 0.717) is 42.3 Å². The highest BCUT2D eigenvalue weighted by Gasteiger charge is 2.28. The lowest BCUT2D eigenvalue weighted by Gasteiger charge is -2.18. The third-order valence-corrected chi connectivity index (χ3v) is 4.49. The lowest BCUT2D eigenvalue weighted by molar-refractivity contribution is -0.131. The van der Waals surface area contributed by atoms with Gasteiger partial charge in [0.25, 0.3) is 5.56 Å². The normalized spacial score (nSPS) is 16.7. The lowest BCUT2D eigenvalue weighted by atomic mass is 10.3. The van der Waals surface area contributed by atoms with Crippen LogP contribution in [0.1, 0.15) is 23.4 Å². The molecule has 3 heterocycles. The van der Waals surface area contributed by atoms with Crippen molar-refractivity contribution in [3.63, 3.8) is 0 Å². The molecule has 1 saturated heterocycles. The number of aryl methyl sites for hydroxylation is 2. The molecular weight excluding hydrogens is 338 g/mol. The van der Waals surface area contributed by atoms with Crippen LogP contribution in [0.3, 0.4) is 0 Å². The van der Waals surface area contributed by atoms with E-state index in [9.17, 15) is 14.4 Å². The smallest absolute Gasteiger partial charge is 0.339 e. The molecule has 2 aromatic heterocycles. The average molecular weight is 359 g/mol. The molecule has 138 valence electrons. The van der Waals surface area contributed by atoms with Crippen LogP contribution in [-0.4, -0.2) is 39.6 Å². The van der Waals surface area contributed by atoms with E-state index >= 15 is 0 Å². The van der Waals surface area contributed by atoms with Gasteiger partial charge in [-0.25, -0.2) is 9.78 Å². The second-order valence-electron chi connectivity index (χ2n) is 6.48. The Labute approximate surface area is 150 Å². The van der Waals surface area contributed by atoms with Crippen LogP contribution in [-0.2, 0) is 11.3 Å². The van der Waals surface area contributed by atoms with E-state index in [-0.39, 0.29) is 24.1 Å². The summed E-state index contributed by atoms with van der Waals surface area (Å²) in [6.07, 6.45) is 1.86. The van der Waals surface area contributed by atoms with Crippen molar-refractivity contribution in [1.29, 1.82) is 0 Å². The zero-order chi connectivity index (χ0) is 18.8. The monoisotopic (exact) mass is 359 g/mol. The van der Waals surface area contributed by atoms with Crippen LogP contribution in [0.2, 0.25) is 0 Å². The van der Waals surface area contributed by atoms with Crippen molar-refractivity contribution in [2.45, 2.75) is 39.8 Å². The van der Waals surface area contributed by atoms with Crippen LogP contribution >= 0.6 is 0 Å². The average Bonchev–Trinajstić information content (AvgIpc) is 3.03. The fourth-order valence-corrected chi connectivity index (χ4v) is 2.92. The van der Waals surface area contributed by atoms with Crippen LogP contribution in [0.15, 0.2) is 32.5 Å². The lowest BCUT2D eigenvalue weighted by Crippen LogP contribution is -2.36. The summed E-state index contributed by atoms with van der Waals surface area (Å²) in [5.41, 5.74) is 0.536. The maximum absolute atomic E-state index is 12.5. The number of ether oxygens (including phenoxy) is 1. The minimum atomic E-state index is -0.465. The summed E-state index contributed by atoms with van der Waals surface area (Å²) in [6, 6.07) is 2.93. The summed E-state index contributed by atoms with van der Waals surface area (Å²) in [5.74, 6) is 0.750. The molecule has 0 N–H and O–H groups in total. The predicted octanol–water partition coefficient (Wildman–Crippen LogP) is 0.802. The van der Waals surface area contributed by atoms with Crippen LogP contribution in [0.5, 0.6) is 5.75 Å². The number of hydrogen-bond acceptors (Lipinski definition) is 6. The molecule has 1 unspecified atom stereocenters. The summed E-state index contributed by atoms with van der Waals surface area (Å²) in [7, 11) is 0. The molecule has 2 aromatic rings. The molecule has 0 aliphatic carbocycles. The van der Waals surface area contributed by atoms with Gasteiger partial charge >= 0.3 is 5.63 Å². The van der Waals surface area contributed by atoms with E-state index < -0.39 is 5.63 Å². The number of carbonyl (C=O) groups excluding carboxylic acids is 1. The van der Waals surface area contributed by atoms with Crippen molar-refractivity contribution in [1.82, 2.24) is 14.5 Å². The molecule has 1 atom stereocenters. The van der Waals surface area contributed by atoms with E-state index in [1.54, 1.807) is 31.7 Å². The molecule has 1 aliphatic heterocycles. The summed E-state index contributed by atoms with van der Waals surface area (Å²) in [6.45, 7) is 6.03. The van der Waals surface area contributed by atoms with E-state index in [0.717, 1.165) is 0 Å². The van der Waals surface area contributed by atoms with Crippen molar-refractivity contribution in [3.8, 4) is 5.75 Å². The van der Waals surface area contributed by atoms with Gasteiger partial charge in [0.05, 0.1) is 18.9 Å². The highest BCUT2D eigenvalue weighted by molar-refractivity contribution is 5.76. The molecule has 26 heavy (non-hydrogen) atoms. The first-order chi connectivity index (χ1) is 12.3. The minimum Gasteiger partial charge on any atom is -0.488 e. The van der Waals surface area contributed by atoms with Gasteiger partial charge in [-0.05, 0) is 20.8 Å². The molecule has 8 heteroatoms. The quantitative estimate of drug-likeness (QED) is 0.801. The Morgan fingerprint density at radius 1 is 1.31 bits per heavy atom. The van der Waals surface area contributed by atoms with Gasteiger partial charge in [-0.15, -0.1) is 0 Å². The van der Waals surface area contributed by atoms with Gasteiger partial charge in [-0.2, -0.15) is 0 Å². The number of nitrogens with zero attached hydrogens (tertiary/aromatic N) is 3. The zero-order valence-corrected chi connectivity index (χ0v) is 15.0. The van der Waals surface area contributed by atoms with Gasteiger partial charge in [0, 0.05) is 30.3 Å². The summed E-state index contributed by atoms with van der Waals surface area (Å²) < 4.78 is 12.0. The van der Waals surface area contributed by atoms with Crippen LogP contribution in [0, 0.1) is 20.8 Å². The van der Waals surface area contributed by atoms with Gasteiger partial charge in [-0.3, -0.25) is 14.2 Å². The molecule has 1 fully saturated rings. The number of rotatable bonds is 4. The van der Waals surface area contributed by atoms with Gasteiger partial charge in [-0.1, -0.05) is 0 Å². The maximum atomic E-state index is 12.5. The Bertz CT molecular complexity index is 947. The number of aromatic nitrogens is 2. The molecule has 0 saturated carbocycles. The van der Waals surface area contributed by atoms with Crippen molar-refractivity contribution in [3.05, 3.63) is 56.3 Å². The van der Waals surface area contributed by atoms with Gasteiger partial charge < -0.3 is 14.1 Å². The summed E-state index contributed by atoms with van der Waals surface area (Å²) in [4.78, 5) is 41.9. The molecular formula is C18H21N3O5. The zero-order valence-electron chi connectivity index (χ0n) is 15.0. The first-order valence-corrected chi connectivity index (χ1v) is 8.42. The molecule has 1 aliphatic rings. The third-order valence-electron chi connectivity index (χ3n) is 4.49. The second-order valence-corrected chi connectivity index (χ2v) is 6.48. The van der Waals surface area contributed by atoms with Gasteiger partial charge in [0.15, 0.2) is 0 Å². The molecule has 1 amide bonds. The van der Waals surface area contributed by atoms with Crippen molar-refractivity contribution >= 4 is 5.91 Å². The number of carbonyl (C=O) groups is 1. The first-order valence-electron chi connectivity index (χ1n) is 8.42. The second kappa shape index (κ2) is 7.15. The van der Waals surface area contributed by atoms with Crippen LogP contribution in [0.25, 0.3) is 0 Å². The molecule has 0 aromatic carbocycles. The fourth-order valence-electron chi connectivity index (χ4n) is 2.92. The highest BCUT2D eigenvalue weighted by atomic mass is 16.5. The van der Waals surface area contributed by atoms with Crippen LogP contribution < -0.4 is 15.9 Å². The molecule has 3 rings (SSSR count). The largest absolute Gasteiger partial charge is 0.488 e. The number of amides is 1. The first kappa shape index (κ1) is 17.9. The van der Waals surface area contributed by atoms with Gasteiger partial charge in [0.1, 0.15) is 24.2 Å².